The van der Waals surface area contributed by atoms with Crippen LogP contribution in [0, 0.1) is 5.82 Å². The molecule has 0 fully saturated rings. The molecule has 0 saturated carbocycles. The third-order valence-corrected chi connectivity index (χ3v) is 3.86. The molecule has 1 atom stereocenters. The van der Waals surface area contributed by atoms with Gasteiger partial charge in [0.2, 0.25) is 0 Å². The highest BCUT2D eigenvalue weighted by Gasteiger charge is 2.18. The van der Waals surface area contributed by atoms with Crippen LogP contribution in [0.2, 0.25) is 0 Å². The quantitative estimate of drug-likeness (QED) is 0.646. The molecule has 0 heterocycles. The zero-order chi connectivity index (χ0) is 16.7. The van der Waals surface area contributed by atoms with Crippen molar-refractivity contribution in [2.75, 3.05) is 6.54 Å². The summed E-state index contributed by atoms with van der Waals surface area (Å²) in [5.74, 6) is -1.39. The smallest absolute Gasteiger partial charge is 0.338 e. The van der Waals surface area contributed by atoms with Crippen molar-refractivity contribution in [2.24, 2.45) is 0 Å². The molecule has 1 amide bonds. The second-order valence-corrected chi connectivity index (χ2v) is 5.70. The summed E-state index contributed by atoms with van der Waals surface area (Å²) in [5, 5.41) is 2.78. The van der Waals surface area contributed by atoms with Gasteiger partial charge in [-0.2, -0.15) is 0 Å². The fraction of sp³-hybridized carbons (Fsp3) is 0.444. The maximum atomic E-state index is 12.8. The summed E-state index contributed by atoms with van der Waals surface area (Å²) in [4.78, 5) is 23.8. The van der Waals surface area contributed by atoms with Crippen LogP contribution in [-0.2, 0) is 9.53 Å². The van der Waals surface area contributed by atoms with Gasteiger partial charge in [0.15, 0.2) is 6.10 Å². The van der Waals surface area contributed by atoms with E-state index in [-0.39, 0.29) is 11.5 Å². The Hall–Kier alpha value is -2.17. The Kier molecular flexibility index (Phi) is 6.32. The van der Waals surface area contributed by atoms with Crippen LogP contribution in [0.3, 0.4) is 0 Å². The molecule has 0 saturated heterocycles. The maximum absolute atomic E-state index is 12.8. The largest absolute Gasteiger partial charge is 0.449 e. The minimum atomic E-state index is -0.882. The van der Waals surface area contributed by atoms with E-state index >= 15 is 0 Å². The topological polar surface area (TPSA) is 55.4 Å². The van der Waals surface area contributed by atoms with Gasteiger partial charge in [0, 0.05) is 6.54 Å². The monoisotopic (exact) mass is 319 g/mol. The Morgan fingerprint density at radius 3 is 2.65 bits per heavy atom. The van der Waals surface area contributed by atoms with Crippen molar-refractivity contribution in [3.05, 3.63) is 47.3 Å². The third kappa shape index (κ3) is 5.51. The number of hydrogen-bond donors (Lipinski definition) is 1. The van der Waals surface area contributed by atoms with Gasteiger partial charge < -0.3 is 10.1 Å². The highest BCUT2D eigenvalue weighted by atomic mass is 19.1. The van der Waals surface area contributed by atoms with Crippen molar-refractivity contribution < 1.29 is 18.7 Å². The number of carbonyl (C=O) groups excluding carboxylic acids is 2. The second kappa shape index (κ2) is 8.46. The lowest BCUT2D eigenvalue weighted by Crippen LogP contribution is -2.36. The summed E-state index contributed by atoms with van der Waals surface area (Å²) in [7, 11) is 0. The van der Waals surface area contributed by atoms with Crippen molar-refractivity contribution in [3.63, 3.8) is 0 Å². The maximum Gasteiger partial charge on any atom is 0.338 e. The first-order valence-corrected chi connectivity index (χ1v) is 7.98. The molecule has 2 rings (SSSR count). The van der Waals surface area contributed by atoms with Crippen molar-refractivity contribution in [3.8, 4) is 0 Å². The number of halogens is 1. The lowest BCUT2D eigenvalue weighted by atomic mass is 9.97. The van der Waals surface area contributed by atoms with Gasteiger partial charge in [0.1, 0.15) is 5.82 Å². The highest BCUT2D eigenvalue weighted by Crippen LogP contribution is 2.19. The summed E-state index contributed by atoms with van der Waals surface area (Å²) in [6.07, 6.45) is 6.88. The van der Waals surface area contributed by atoms with E-state index in [1.807, 2.05) is 0 Å². The van der Waals surface area contributed by atoms with Crippen LogP contribution in [-0.4, -0.2) is 24.5 Å². The Bertz CT molecular complexity index is 580. The van der Waals surface area contributed by atoms with Gasteiger partial charge in [-0.3, -0.25) is 4.79 Å². The second-order valence-electron chi connectivity index (χ2n) is 5.70. The zero-order valence-corrected chi connectivity index (χ0v) is 13.3. The summed E-state index contributed by atoms with van der Waals surface area (Å²) in [6, 6.07) is 5.02. The number of rotatable bonds is 6. The average Bonchev–Trinajstić information content (AvgIpc) is 2.56. The molecule has 0 radical (unpaired) electrons. The van der Waals surface area contributed by atoms with E-state index in [2.05, 4.69) is 11.4 Å². The number of allylic oxidation sites excluding steroid dienone is 1. The minimum absolute atomic E-state index is 0.221. The van der Waals surface area contributed by atoms with E-state index in [1.165, 1.54) is 49.6 Å². The fourth-order valence-electron chi connectivity index (χ4n) is 2.49. The molecule has 0 aliphatic heterocycles. The standard InChI is InChI=1S/C18H22FNO3/c1-13(23-18(22)15-7-9-16(19)10-8-15)17(21)20-12-11-14-5-3-2-4-6-14/h5,7-10,13H,2-4,6,11-12H2,1H3,(H,20,21)/t13-/m0/s1. The van der Waals surface area contributed by atoms with E-state index in [9.17, 15) is 14.0 Å². The normalized spacial score (nSPS) is 15.5. The molecule has 0 bridgehead atoms. The number of esters is 1. The molecule has 1 aromatic rings. The van der Waals surface area contributed by atoms with E-state index < -0.39 is 17.9 Å². The molecule has 23 heavy (non-hydrogen) atoms. The molecule has 1 aromatic carbocycles. The molecular weight excluding hydrogens is 297 g/mol. The molecule has 0 unspecified atom stereocenters. The molecule has 5 heteroatoms. The van der Waals surface area contributed by atoms with Crippen molar-refractivity contribution in [1.82, 2.24) is 5.32 Å². The van der Waals surface area contributed by atoms with Crippen LogP contribution in [0.15, 0.2) is 35.9 Å². The summed E-state index contributed by atoms with van der Waals surface area (Å²) in [6.45, 7) is 2.07. The molecule has 0 spiro atoms. The third-order valence-electron chi connectivity index (χ3n) is 3.86. The summed E-state index contributed by atoms with van der Waals surface area (Å²) < 4.78 is 17.9. The van der Waals surface area contributed by atoms with Gasteiger partial charge in [0.25, 0.3) is 5.91 Å². The Morgan fingerprint density at radius 1 is 1.26 bits per heavy atom. The number of carbonyl (C=O) groups is 2. The Morgan fingerprint density at radius 2 is 2.00 bits per heavy atom. The van der Waals surface area contributed by atoms with Crippen LogP contribution >= 0.6 is 0 Å². The molecule has 0 aromatic heterocycles. The minimum Gasteiger partial charge on any atom is -0.449 e. The lowest BCUT2D eigenvalue weighted by Gasteiger charge is -2.15. The van der Waals surface area contributed by atoms with Gasteiger partial charge >= 0.3 is 5.97 Å². The Labute approximate surface area is 135 Å². The molecule has 1 aliphatic carbocycles. The van der Waals surface area contributed by atoms with Crippen LogP contribution in [0.4, 0.5) is 4.39 Å². The molecule has 4 nitrogen and oxygen atoms in total. The van der Waals surface area contributed by atoms with E-state index in [0.717, 1.165) is 19.3 Å². The lowest BCUT2D eigenvalue weighted by molar-refractivity contribution is -0.129. The SMILES string of the molecule is C[C@H](OC(=O)c1ccc(F)cc1)C(=O)NCCC1=CCCCC1. The highest BCUT2D eigenvalue weighted by molar-refractivity contribution is 5.92. The summed E-state index contributed by atoms with van der Waals surface area (Å²) >= 11 is 0. The van der Waals surface area contributed by atoms with Crippen molar-refractivity contribution in [1.29, 1.82) is 0 Å². The van der Waals surface area contributed by atoms with Crippen molar-refractivity contribution in [2.45, 2.75) is 45.1 Å². The molecule has 124 valence electrons. The molecule has 1 N–H and O–H groups in total. The summed E-state index contributed by atoms with van der Waals surface area (Å²) in [5.41, 5.74) is 1.60. The molecular formula is C18H22FNO3. The first-order valence-electron chi connectivity index (χ1n) is 7.98. The first kappa shape index (κ1) is 17.2. The van der Waals surface area contributed by atoms with Crippen molar-refractivity contribution >= 4 is 11.9 Å². The van der Waals surface area contributed by atoms with Gasteiger partial charge in [-0.1, -0.05) is 11.6 Å². The van der Waals surface area contributed by atoms with E-state index in [1.54, 1.807) is 0 Å². The van der Waals surface area contributed by atoms with Gasteiger partial charge in [-0.15, -0.1) is 0 Å². The predicted octanol–water partition coefficient (Wildman–Crippen LogP) is 3.38. The van der Waals surface area contributed by atoms with E-state index in [4.69, 9.17) is 4.74 Å². The zero-order valence-electron chi connectivity index (χ0n) is 13.3. The number of ether oxygens (including phenoxy) is 1. The number of benzene rings is 1. The van der Waals surface area contributed by atoms with Crippen LogP contribution < -0.4 is 5.32 Å². The molecule has 1 aliphatic rings. The van der Waals surface area contributed by atoms with Gasteiger partial charge in [-0.05, 0) is 63.3 Å². The van der Waals surface area contributed by atoms with Crippen LogP contribution in [0.1, 0.15) is 49.4 Å². The number of amides is 1. The van der Waals surface area contributed by atoms with E-state index in [0.29, 0.717) is 6.54 Å². The van der Waals surface area contributed by atoms with Gasteiger partial charge in [0.05, 0.1) is 5.56 Å². The predicted molar refractivity (Wildman–Crippen MR) is 85.5 cm³/mol. The number of nitrogens with one attached hydrogen (secondary N) is 1. The number of hydrogen-bond acceptors (Lipinski definition) is 3. The Balaban J connectivity index is 1.74. The van der Waals surface area contributed by atoms with Crippen LogP contribution in [0.5, 0.6) is 0 Å². The average molecular weight is 319 g/mol. The fourth-order valence-corrected chi connectivity index (χ4v) is 2.49. The van der Waals surface area contributed by atoms with Gasteiger partial charge in [-0.25, -0.2) is 9.18 Å². The van der Waals surface area contributed by atoms with Crippen LogP contribution in [0.25, 0.3) is 0 Å². The first-order chi connectivity index (χ1) is 11.1.